The van der Waals surface area contributed by atoms with Gasteiger partial charge in [0.15, 0.2) is 5.78 Å². The molecule has 0 saturated heterocycles. The van der Waals surface area contributed by atoms with Gasteiger partial charge in [-0.3, -0.25) is 9.59 Å². The molecule has 0 aliphatic carbocycles. The van der Waals surface area contributed by atoms with Crippen molar-refractivity contribution in [2.24, 2.45) is 0 Å². The zero-order valence-electron chi connectivity index (χ0n) is 14.0. The molecule has 0 atom stereocenters. The molecule has 0 saturated carbocycles. The summed E-state index contributed by atoms with van der Waals surface area (Å²) in [6.45, 7) is 1.43. The Kier molecular flexibility index (Phi) is 5.70. The highest BCUT2D eigenvalue weighted by Gasteiger charge is 2.13. The number of hydrogen-bond acceptors (Lipinski definition) is 7. The lowest BCUT2D eigenvalue weighted by molar-refractivity contribution is -0.131. The Morgan fingerprint density at radius 1 is 1.00 bits per heavy atom. The van der Waals surface area contributed by atoms with Crippen LogP contribution < -0.4 is 4.74 Å². The first kappa shape index (κ1) is 17.8. The highest BCUT2D eigenvalue weighted by atomic mass is 32.2. The minimum absolute atomic E-state index is 0.0125. The SMILES string of the molecule is CC(=O)c1ccccc1OC(=O)CSc1ncc(-c2ccccc2)nn1. The maximum Gasteiger partial charge on any atom is 0.321 e. The van der Waals surface area contributed by atoms with E-state index in [9.17, 15) is 9.59 Å². The number of nitrogens with zero attached hydrogens (tertiary/aromatic N) is 3. The second-order valence-electron chi connectivity index (χ2n) is 5.31. The van der Waals surface area contributed by atoms with E-state index in [-0.39, 0.29) is 17.3 Å². The Hall–Kier alpha value is -3.06. The molecule has 1 aromatic heterocycles. The zero-order chi connectivity index (χ0) is 18.4. The summed E-state index contributed by atoms with van der Waals surface area (Å²) in [6, 6.07) is 16.2. The fourth-order valence-electron chi connectivity index (χ4n) is 2.19. The number of carbonyl (C=O) groups excluding carboxylic acids is 2. The maximum absolute atomic E-state index is 12.0. The summed E-state index contributed by atoms with van der Waals surface area (Å²) in [5, 5.41) is 8.51. The van der Waals surface area contributed by atoms with Gasteiger partial charge in [-0.25, -0.2) is 4.98 Å². The van der Waals surface area contributed by atoms with E-state index in [1.54, 1.807) is 30.5 Å². The Morgan fingerprint density at radius 2 is 1.73 bits per heavy atom. The highest BCUT2D eigenvalue weighted by Crippen LogP contribution is 2.21. The van der Waals surface area contributed by atoms with Gasteiger partial charge in [0.25, 0.3) is 0 Å². The molecule has 26 heavy (non-hydrogen) atoms. The van der Waals surface area contributed by atoms with Crippen molar-refractivity contribution in [3.8, 4) is 17.0 Å². The van der Waals surface area contributed by atoms with Crippen molar-refractivity contribution >= 4 is 23.5 Å². The van der Waals surface area contributed by atoms with Crippen molar-refractivity contribution in [3.63, 3.8) is 0 Å². The first-order valence-electron chi connectivity index (χ1n) is 7.82. The zero-order valence-corrected chi connectivity index (χ0v) is 14.8. The van der Waals surface area contributed by atoms with Gasteiger partial charge in [-0.15, -0.1) is 10.2 Å². The Balaban J connectivity index is 1.59. The monoisotopic (exact) mass is 365 g/mol. The van der Waals surface area contributed by atoms with Crippen LogP contribution in [0.25, 0.3) is 11.3 Å². The summed E-state index contributed by atoms with van der Waals surface area (Å²) in [6.07, 6.45) is 1.61. The predicted octanol–water partition coefficient (Wildman–Crippen LogP) is 3.44. The van der Waals surface area contributed by atoms with E-state index < -0.39 is 5.97 Å². The fraction of sp³-hybridized carbons (Fsp3) is 0.105. The molecular formula is C19H15N3O3S. The number of Topliss-reactive ketones (excluding diaryl/α,β-unsaturated/α-hetero) is 1. The molecule has 0 amide bonds. The lowest BCUT2D eigenvalue weighted by Gasteiger charge is -2.07. The van der Waals surface area contributed by atoms with Crippen LogP contribution in [-0.2, 0) is 4.79 Å². The third-order valence-electron chi connectivity index (χ3n) is 3.42. The number of thioether (sulfide) groups is 1. The third-order valence-corrected chi connectivity index (χ3v) is 4.24. The molecule has 0 unspecified atom stereocenters. The van der Waals surface area contributed by atoms with Crippen molar-refractivity contribution in [2.45, 2.75) is 12.1 Å². The molecule has 0 spiro atoms. The summed E-state index contributed by atoms with van der Waals surface area (Å²) in [4.78, 5) is 27.8. The van der Waals surface area contributed by atoms with Gasteiger partial charge in [0.2, 0.25) is 5.16 Å². The molecular weight excluding hydrogens is 350 g/mol. The molecule has 0 N–H and O–H groups in total. The van der Waals surface area contributed by atoms with Gasteiger partial charge in [-0.2, -0.15) is 0 Å². The first-order valence-corrected chi connectivity index (χ1v) is 8.80. The molecule has 2 aromatic carbocycles. The van der Waals surface area contributed by atoms with Gasteiger partial charge in [-0.05, 0) is 19.1 Å². The van der Waals surface area contributed by atoms with Crippen LogP contribution in [0.4, 0.5) is 0 Å². The molecule has 130 valence electrons. The molecule has 0 fully saturated rings. The second kappa shape index (κ2) is 8.35. The summed E-state index contributed by atoms with van der Waals surface area (Å²) >= 11 is 1.12. The fourth-order valence-corrected chi connectivity index (χ4v) is 2.73. The predicted molar refractivity (Wildman–Crippen MR) is 98.1 cm³/mol. The average Bonchev–Trinajstić information content (AvgIpc) is 2.68. The molecule has 7 heteroatoms. The van der Waals surface area contributed by atoms with E-state index in [2.05, 4.69) is 15.2 Å². The average molecular weight is 365 g/mol. The van der Waals surface area contributed by atoms with E-state index in [0.29, 0.717) is 16.4 Å². The van der Waals surface area contributed by atoms with Gasteiger partial charge in [0, 0.05) is 5.56 Å². The molecule has 3 rings (SSSR count). The van der Waals surface area contributed by atoms with E-state index in [1.165, 1.54) is 6.92 Å². The molecule has 0 bridgehead atoms. The summed E-state index contributed by atoms with van der Waals surface area (Å²) in [5.41, 5.74) is 1.95. The molecule has 1 heterocycles. The minimum atomic E-state index is -0.487. The van der Waals surface area contributed by atoms with Crippen LogP contribution in [0.5, 0.6) is 5.75 Å². The van der Waals surface area contributed by atoms with Crippen LogP contribution in [0, 0.1) is 0 Å². The second-order valence-corrected chi connectivity index (χ2v) is 6.25. The van der Waals surface area contributed by atoms with E-state index in [0.717, 1.165) is 17.3 Å². The molecule has 0 aliphatic rings. The third kappa shape index (κ3) is 4.52. The van der Waals surface area contributed by atoms with Crippen LogP contribution >= 0.6 is 11.8 Å². The van der Waals surface area contributed by atoms with Crippen molar-refractivity contribution < 1.29 is 14.3 Å². The number of para-hydroxylation sites is 1. The highest BCUT2D eigenvalue weighted by molar-refractivity contribution is 7.99. The van der Waals surface area contributed by atoms with Crippen LogP contribution in [0.1, 0.15) is 17.3 Å². The number of carbonyl (C=O) groups is 2. The van der Waals surface area contributed by atoms with Crippen molar-refractivity contribution in [1.29, 1.82) is 0 Å². The van der Waals surface area contributed by atoms with Crippen LogP contribution in [-0.4, -0.2) is 32.7 Å². The number of aromatic nitrogens is 3. The number of ketones is 1. The van der Waals surface area contributed by atoms with Crippen LogP contribution in [0.2, 0.25) is 0 Å². The Labute approximate surface area is 154 Å². The molecule has 0 aliphatic heterocycles. The van der Waals surface area contributed by atoms with Gasteiger partial charge < -0.3 is 4.74 Å². The van der Waals surface area contributed by atoms with E-state index in [4.69, 9.17) is 4.74 Å². The van der Waals surface area contributed by atoms with E-state index >= 15 is 0 Å². The lowest BCUT2D eigenvalue weighted by Crippen LogP contribution is -2.13. The molecule has 6 nitrogen and oxygen atoms in total. The van der Waals surface area contributed by atoms with Gasteiger partial charge in [0.05, 0.1) is 17.5 Å². The Morgan fingerprint density at radius 3 is 2.42 bits per heavy atom. The lowest BCUT2D eigenvalue weighted by atomic mass is 10.1. The number of benzene rings is 2. The van der Waals surface area contributed by atoms with Crippen LogP contribution in [0.15, 0.2) is 66.0 Å². The smallest absolute Gasteiger partial charge is 0.321 e. The number of hydrogen-bond donors (Lipinski definition) is 0. The quantitative estimate of drug-likeness (QED) is 0.286. The topological polar surface area (TPSA) is 82.0 Å². The number of esters is 1. The Bertz CT molecular complexity index is 915. The standard InChI is InChI=1S/C19H15N3O3S/c1-13(23)15-9-5-6-10-17(15)25-18(24)12-26-19-20-11-16(21-22-19)14-7-3-2-4-8-14/h2-11H,12H2,1H3. The van der Waals surface area contributed by atoms with Crippen molar-refractivity contribution in [2.75, 3.05) is 5.75 Å². The largest absolute Gasteiger partial charge is 0.425 e. The molecule has 3 aromatic rings. The van der Waals surface area contributed by atoms with Gasteiger partial charge in [0.1, 0.15) is 11.4 Å². The van der Waals surface area contributed by atoms with Gasteiger partial charge >= 0.3 is 5.97 Å². The van der Waals surface area contributed by atoms with Crippen LogP contribution in [0.3, 0.4) is 0 Å². The number of ether oxygens (including phenoxy) is 1. The minimum Gasteiger partial charge on any atom is -0.425 e. The summed E-state index contributed by atoms with van der Waals surface area (Å²) in [5.74, 6) is -0.382. The number of rotatable bonds is 6. The van der Waals surface area contributed by atoms with E-state index in [1.807, 2.05) is 30.3 Å². The molecule has 0 radical (unpaired) electrons. The van der Waals surface area contributed by atoms with Crippen molar-refractivity contribution in [1.82, 2.24) is 15.2 Å². The van der Waals surface area contributed by atoms with Crippen molar-refractivity contribution in [3.05, 3.63) is 66.4 Å². The first-order chi connectivity index (χ1) is 12.6. The van der Waals surface area contributed by atoms with Gasteiger partial charge in [-0.1, -0.05) is 54.2 Å². The summed E-state index contributed by atoms with van der Waals surface area (Å²) in [7, 11) is 0. The normalized spacial score (nSPS) is 10.3. The summed E-state index contributed by atoms with van der Waals surface area (Å²) < 4.78 is 5.27. The maximum atomic E-state index is 12.0.